The summed E-state index contributed by atoms with van der Waals surface area (Å²) in [5.74, 6) is -0.0218. The molecule has 0 saturated carbocycles. The molecular weight excluding hydrogens is 219 g/mol. The number of azide groups is 1. The first-order chi connectivity index (χ1) is 8.28. The van der Waals surface area contributed by atoms with Crippen molar-refractivity contribution in [1.82, 2.24) is 5.32 Å². The predicted octanol–water partition coefficient (Wildman–Crippen LogP) is 3.38. The van der Waals surface area contributed by atoms with E-state index in [1.807, 2.05) is 6.07 Å². The Kier molecular flexibility index (Phi) is 2.50. The minimum Gasteiger partial charge on any atom is -0.311 e. The van der Waals surface area contributed by atoms with Crippen LogP contribution in [0.3, 0.4) is 0 Å². The Morgan fingerprint density at radius 3 is 2.88 bits per heavy atom. The molecule has 2 fully saturated rings. The number of nitrogens with zero attached hydrogens (tertiary/aromatic N) is 3. The van der Waals surface area contributed by atoms with E-state index < -0.39 is 5.82 Å². The van der Waals surface area contributed by atoms with Gasteiger partial charge in [-0.25, -0.2) is 4.39 Å². The van der Waals surface area contributed by atoms with Gasteiger partial charge >= 0.3 is 0 Å². The molecule has 0 amide bonds. The van der Waals surface area contributed by atoms with Crippen molar-refractivity contribution in [2.45, 2.75) is 37.3 Å². The third-order valence-electron chi connectivity index (χ3n) is 3.85. The highest BCUT2D eigenvalue weighted by Crippen LogP contribution is 2.40. The van der Waals surface area contributed by atoms with Gasteiger partial charge in [0.25, 0.3) is 0 Å². The Bertz CT molecular complexity index is 495. The first kappa shape index (κ1) is 10.6. The number of hydrogen-bond acceptors (Lipinski definition) is 2. The number of nitrogens with one attached hydrogen (secondary N) is 1. The van der Waals surface area contributed by atoms with E-state index in [1.165, 1.54) is 18.9 Å². The van der Waals surface area contributed by atoms with Gasteiger partial charge in [-0.3, -0.25) is 0 Å². The van der Waals surface area contributed by atoms with Crippen molar-refractivity contribution in [1.29, 1.82) is 0 Å². The topological polar surface area (TPSA) is 60.8 Å². The highest BCUT2D eigenvalue weighted by molar-refractivity contribution is 5.42. The first-order valence-corrected chi connectivity index (χ1v) is 5.88. The zero-order chi connectivity index (χ0) is 11.8. The lowest BCUT2D eigenvalue weighted by molar-refractivity contribution is 0.503. The highest BCUT2D eigenvalue weighted by Gasteiger charge is 2.39. The normalized spacial score (nSPS) is 30.3. The molecule has 17 heavy (non-hydrogen) atoms. The van der Waals surface area contributed by atoms with E-state index in [1.54, 1.807) is 6.07 Å². The van der Waals surface area contributed by atoms with Gasteiger partial charge < -0.3 is 5.32 Å². The van der Waals surface area contributed by atoms with Crippen molar-refractivity contribution in [3.63, 3.8) is 0 Å². The molecule has 0 aromatic heterocycles. The number of rotatable bonds is 2. The van der Waals surface area contributed by atoms with Gasteiger partial charge in [0, 0.05) is 22.9 Å². The van der Waals surface area contributed by atoms with Crippen LogP contribution in [0, 0.1) is 5.82 Å². The van der Waals surface area contributed by atoms with Gasteiger partial charge in [0.1, 0.15) is 5.82 Å². The van der Waals surface area contributed by atoms with Crippen LogP contribution in [-0.2, 0) is 0 Å². The summed E-state index contributed by atoms with van der Waals surface area (Å²) in [6.45, 7) is 0. The molecule has 4 nitrogen and oxygen atoms in total. The molecule has 1 aromatic carbocycles. The SMILES string of the molecule is [N-]=[N+]=Nc1ccc(C2CC3CCC2N3)cc1F. The molecule has 5 heteroatoms. The van der Waals surface area contributed by atoms with Gasteiger partial charge in [-0.2, -0.15) is 0 Å². The van der Waals surface area contributed by atoms with Crippen molar-refractivity contribution >= 4 is 5.69 Å². The fraction of sp³-hybridized carbons (Fsp3) is 0.500. The Morgan fingerprint density at radius 1 is 1.41 bits per heavy atom. The van der Waals surface area contributed by atoms with Gasteiger partial charge in [-0.1, -0.05) is 11.2 Å². The average molecular weight is 232 g/mol. The molecular formula is C12H13FN4. The molecule has 2 aliphatic rings. The lowest BCUT2D eigenvalue weighted by atomic mass is 9.84. The van der Waals surface area contributed by atoms with E-state index in [2.05, 4.69) is 15.3 Å². The van der Waals surface area contributed by atoms with E-state index in [9.17, 15) is 4.39 Å². The Balaban J connectivity index is 1.89. The molecule has 3 rings (SSSR count). The van der Waals surface area contributed by atoms with Gasteiger partial charge in [-0.15, -0.1) is 0 Å². The summed E-state index contributed by atoms with van der Waals surface area (Å²) in [6.07, 6.45) is 3.50. The third-order valence-corrected chi connectivity index (χ3v) is 3.85. The van der Waals surface area contributed by atoms with Gasteiger partial charge in [0.2, 0.25) is 0 Å². The molecule has 0 aliphatic carbocycles. The molecule has 3 atom stereocenters. The fourth-order valence-electron chi connectivity index (χ4n) is 3.08. The summed E-state index contributed by atoms with van der Waals surface area (Å²) in [4.78, 5) is 2.60. The second-order valence-electron chi connectivity index (χ2n) is 4.79. The van der Waals surface area contributed by atoms with Crippen LogP contribution in [-0.4, -0.2) is 12.1 Å². The maximum absolute atomic E-state index is 13.6. The molecule has 0 spiro atoms. The molecule has 2 saturated heterocycles. The van der Waals surface area contributed by atoms with Crippen LogP contribution in [0.1, 0.15) is 30.7 Å². The van der Waals surface area contributed by atoms with Gasteiger partial charge in [0.05, 0.1) is 5.69 Å². The minimum absolute atomic E-state index is 0.0763. The lowest BCUT2D eigenvalue weighted by Gasteiger charge is -2.20. The van der Waals surface area contributed by atoms with E-state index in [4.69, 9.17) is 5.53 Å². The molecule has 88 valence electrons. The van der Waals surface area contributed by atoms with Gasteiger partial charge in [-0.05, 0) is 42.5 Å². The Morgan fingerprint density at radius 2 is 2.29 bits per heavy atom. The quantitative estimate of drug-likeness (QED) is 0.474. The monoisotopic (exact) mass is 232 g/mol. The summed E-state index contributed by atoms with van der Waals surface area (Å²) in [7, 11) is 0. The summed E-state index contributed by atoms with van der Waals surface area (Å²) >= 11 is 0. The van der Waals surface area contributed by atoms with Crippen LogP contribution in [0.2, 0.25) is 0 Å². The van der Waals surface area contributed by atoms with Crippen LogP contribution in [0.15, 0.2) is 23.3 Å². The van der Waals surface area contributed by atoms with Gasteiger partial charge in [0.15, 0.2) is 0 Å². The summed E-state index contributed by atoms with van der Waals surface area (Å²) in [5, 5.41) is 6.84. The van der Waals surface area contributed by atoms with Crippen molar-refractivity contribution in [2.75, 3.05) is 0 Å². The van der Waals surface area contributed by atoms with Crippen LogP contribution >= 0.6 is 0 Å². The van der Waals surface area contributed by atoms with Crippen LogP contribution in [0.25, 0.3) is 10.4 Å². The fourth-order valence-corrected chi connectivity index (χ4v) is 3.08. The van der Waals surface area contributed by atoms with Crippen LogP contribution in [0.4, 0.5) is 10.1 Å². The summed E-state index contributed by atoms with van der Waals surface area (Å²) in [5.41, 5.74) is 9.38. The molecule has 2 heterocycles. The summed E-state index contributed by atoms with van der Waals surface area (Å²) < 4.78 is 13.6. The highest BCUT2D eigenvalue weighted by atomic mass is 19.1. The third kappa shape index (κ3) is 1.77. The van der Waals surface area contributed by atoms with E-state index in [0.29, 0.717) is 18.0 Å². The maximum atomic E-state index is 13.6. The van der Waals surface area contributed by atoms with Crippen molar-refractivity contribution < 1.29 is 4.39 Å². The van der Waals surface area contributed by atoms with Crippen LogP contribution < -0.4 is 5.32 Å². The second kappa shape index (κ2) is 4.02. The maximum Gasteiger partial charge on any atom is 0.133 e. The average Bonchev–Trinajstić information content (AvgIpc) is 2.94. The van der Waals surface area contributed by atoms with Crippen molar-refractivity contribution in [3.05, 3.63) is 40.0 Å². The number of benzene rings is 1. The van der Waals surface area contributed by atoms with Crippen molar-refractivity contribution in [3.8, 4) is 0 Å². The summed E-state index contributed by atoms with van der Waals surface area (Å²) in [6, 6.07) is 6.04. The second-order valence-corrected chi connectivity index (χ2v) is 4.79. The number of halogens is 1. The predicted molar refractivity (Wildman–Crippen MR) is 62.5 cm³/mol. The van der Waals surface area contributed by atoms with Crippen LogP contribution in [0.5, 0.6) is 0 Å². The number of fused-ring (bicyclic) bond motifs is 2. The first-order valence-electron chi connectivity index (χ1n) is 5.88. The molecule has 2 bridgehead atoms. The Labute approximate surface area is 98.5 Å². The molecule has 1 N–H and O–H groups in total. The largest absolute Gasteiger partial charge is 0.311 e. The zero-order valence-corrected chi connectivity index (χ0v) is 9.31. The van der Waals surface area contributed by atoms with E-state index >= 15 is 0 Å². The number of hydrogen-bond donors (Lipinski definition) is 1. The Hall–Kier alpha value is -1.58. The zero-order valence-electron chi connectivity index (χ0n) is 9.31. The molecule has 0 radical (unpaired) electrons. The molecule has 1 aromatic rings. The van der Waals surface area contributed by atoms with E-state index in [-0.39, 0.29) is 5.69 Å². The smallest absolute Gasteiger partial charge is 0.133 e. The molecule has 2 aliphatic heterocycles. The van der Waals surface area contributed by atoms with E-state index in [0.717, 1.165) is 12.0 Å². The van der Waals surface area contributed by atoms with Crippen molar-refractivity contribution in [2.24, 2.45) is 5.11 Å². The lowest BCUT2D eigenvalue weighted by Crippen LogP contribution is -2.21. The molecule has 3 unspecified atom stereocenters. The minimum atomic E-state index is -0.428. The standard InChI is InChI=1S/C12H13FN4/c13-10-5-7(1-3-12(10)16-17-14)9-6-8-2-4-11(9)15-8/h1,3,5,8-9,11,15H,2,4,6H2.